The van der Waals surface area contributed by atoms with Crippen LogP contribution >= 0.6 is 23.2 Å². The van der Waals surface area contributed by atoms with Gasteiger partial charge in [0, 0.05) is 12.6 Å². The van der Waals surface area contributed by atoms with E-state index in [2.05, 4.69) is 11.8 Å². The van der Waals surface area contributed by atoms with Crippen LogP contribution in [0.3, 0.4) is 0 Å². The Labute approximate surface area is 161 Å². The molecule has 0 aliphatic carbocycles. The Bertz CT molecular complexity index is 703. The summed E-state index contributed by atoms with van der Waals surface area (Å²) in [5.74, 6) is 0.810. The average molecular weight is 405 g/mol. The van der Waals surface area contributed by atoms with Crippen molar-refractivity contribution in [3.8, 4) is 0 Å². The molecule has 2 aliphatic heterocycles. The van der Waals surface area contributed by atoms with Crippen molar-refractivity contribution < 1.29 is 8.42 Å². The molecule has 2 fully saturated rings. The maximum Gasteiger partial charge on any atom is 0.244 e. The van der Waals surface area contributed by atoms with Gasteiger partial charge in [0.1, 0.15) is 4.90 Å². The van der Waals surface area contributed by atoms with E-state index < -0.39 is 10.0 Å². The van der Waals surface area contributed by atoms with Gasteiger partial charge >= 0.3 is 0 Å². The number of halogens is 2. The van der Waals surface area contributed by atoms with Crippen LogP contribution in [0, 0.1) is 5.92 Å². The molecule has 1 unspecified atom stereocenters. The Morgan fingerprint density at radius 1 is 1.12 bits per heavy atom. The minimum absolute atomic E-state index is 0.0550. The highest BCUT2D eigenvalue weighted by Crippen LogP contribution is 2.34. The second-order valence-electron chi connectivity index (χ2n) is 7.28. The van der Waals surface area contributed by atoms with Gasteiger partial charge in [-0.15, -0.1) is 0 Å². The van der Waals surface area contributed by atoms with Crippen molar-refractivity contribution in [1.82, 2.24) is 9.21 Å². The molecule has 2 heterocycles. The first-order valence-electron chi connectivity index (χ1n) is 9.08. The zero-order chi connectivity index (χ0) is 18.0. The number of likely N-dealkylation sites (tertiary alicyclic amines) is 1. The van der Waals surface area contributed by atoms with Gasteiger partial charge in [0.2, 0.25) is 10.0 Å². The molecule has 0 spiro atoms. The average Bonchev–Trinajstić information content (AvgIpc) is 3.06. The molecule has 0 radical (unpaired) electrons. The van der Waals surface area contributed by atoms with Gasteiger partial charge in [-0.05, 0) is 69.8 Å². The lowest BCUT2D eigenvalue weighted by Gasteiger charge is -2.32. The van der Waals surface area contributed by atoms with Crippen LogP contribution in [0.5, 0.6) is 0 Å². The van der Waals surface area contributed by atoms with Crippen molar-refractivity contribution >= 4 is 33.2 Å². The van der Waals surface area contributed by atoms with Crippen LogP contribution in [0.2, 0.25) is 10.0 Å². The predicted octanol–water partition coefficient (Wildman–Crippen LogP) is 4.27. The summed E-state index contributed by atoms with van der Waals surface area (Å²) in [4.78, 5) is 2.59. The standard InChI is InChI=1S/C18H26Cl2N2O2S/c1-14-7-11-21(12-8-14)13-9-15-4-3-10-22(15)25(23,24)17-6-2-5-16(19)18(17)20/h2,5-6,14-15H,3-4,7-13H2,1H3. The molecule has 25 heavy (non-hydrogen) atoms. The second kappa shape index (κ2) is 8.13. The normalized spacial score (nSPS) is 24.0. The smallest absolute Gasteiger partial charge is 0.244 e. The topological polar surface area (TPSA) is 40.6 Å². The van der Waals surface area contributed by atoms with Crippen LogP contribution in [0.15, 0.2) is 23.1 Å². The summed E-state index contributed by atoms with van der Waals surface area (Å²) < 4.78 is 27.8. The fourth-order valence-corrected chi connectivity index (χ4v) is 6.30. The van der Waals surface area contributed by atoms with E-state index in [4.69, 9.17) is 23.2 Å². The fourth-order valence-electron chi connectivity index (χ4n) is 3.84. The third-order valence-corrected chi connectivity index (χ3v) is 8.41. The molecule has 0 amide bonds. The molecule has 1 aromatic carbocycles. The summed E-state index contributed by atoms with van der Waals surface area (Å²) in [6.07, 6.45) is 5.18. The molecule has 1 atom stereocenters. The molecule has 140 valence electrons. The lowest BCUT2D eigenvalue weighted by Crippen LogP contribution is -2.40. The molecule has 0 aromatic heterocycles. The van der Waals surface area contributed by atoms with E-state index in [1.807, 2.05) is 0 Å². The van der Waals surface area contributed by atoms with E-state index in [0.29, 0.717) is 6.54 Å². The first-order chi connectivity index (χ1) is 11.9. The maximum absolute atomic E-state index is 13.1. The van der Waals surface area contributed by atoms with E-state index in [0.717, 1.165) is 44.8 Å². The Morgan fingerprint density at radius 3 is 2.56 bits per heavy atom. The summed E-state index contributed by atoms with van der Waals surface area (Å²) >= 11 is 12.2. The first kappa shape index (κ1) is 19.4. The van der Waals surface area contributed by atoms with Crippen LogP contribution in [0.25, 0.3) is 0 Å². The monoisotopic (exact) mass is 404 g/mol. The lowest BCUT2D eigenvalue weighted by molar-refractivity contribution is 0.179. The van der Waals surface area contributed by atoms with Gasteiger partial charge in [-0.3, -0.25) is 0 Å². The summed E-state index contributed by atoms with van der Waals surface area (Å²) in [7, 11) is -3.60. The Hall–Kier alpha value is -0.330. The molecule has 3 rings (SSSR count). The zero-order valence-corrected chi connectivity index (χ0v) is 17.0. The number of hydrogen-bond donors (Lipinski definition) is 0. The molecule has 1 aromatic rings. The van der Waals surface area contributed by atoms with Crippen LogP contribution < -0.4 is 0 Å². The van der Waals surface area contributed by atoms with Gasteiger partial charge < -0.3 is 4.90 Å². The molecule has 0 N–H and O–H groups in total. The Balaban J connectivity index is 1.69. The number of sulfonamides is 1. The number of piperidine rings is 1. The van der Waals surface area contributed by atoms with Gasteiger partial charge in [-0.1, -0.05) is 36.2 Å². The summed E-state index contributed by atoms with van der Waals surface area (Å²) in [6, 6.07) is 4.85. The van der Waals surface area contributed by atoms with E-state index in [1.54, 1.807) is 22.5 Å². The van der Waals surface area contributed by atoms with Gasteiger partial charge in [-0.25, -0.2) is 8.42 Å². The predicted molar refractivity (Wildman–Crippen MR) is 103 cm³/mol. The van der Waals surface area contributed by atoms with E-state index in [-0.39, 0.29) is 21.0 Å². The minimum Gasteiger partial charge on any atom is -0.303 e. The SMILES string of the molecule is CC1CCN(CCC2CCCN2S(=O)(=O)c2cccc(Cl)c2Cl)CC1. The number of nitrogens with zero attached hydrogens (tertiary/aromatic N) is 2. The third kappa shape index (κ3) is 4.33. The highest BCUT2D eigenvalue weighted by Gasteiger charge is 2.36. The Kier molecular flexibility index (Phi) is 6.32. The van der Waals surface area contributed by atoms with Crippen molar-refractivity contribution in [1.29, 1.82) is 0 Å². The van der Waals surface area contributed by atoms with Gasteiger partial charge in [0.05, 0.1) is 10.0 Å². The van der Waals surface area contributed by atoms with Crippen LogP contribution in [-0.4, -0.2) is 49.8 Å². The molecule has 7 heteroatoms. The third-order valence-electron chi connectivity index (χ3n) is 5.48. The highest BCUT2D eigenvalue weighted by molar-refractivity contribution is 7.89. The summed E-state index contributed by atoms with van der Waals surface area (Å²) in [5, 5.41) is 0.403. The maximum atomic E-state index is 13.1. The molecular formula is C18H26Cl2N2O2S. The fraction of sp³-hybridized carbons (Fsp3) is 0.667. The van der Waals surface area contributed by atoms with Crippen molar-refractivity contribution in [2.45, 2.75) is 50.0 Å². The lowest BCUT2D eigenvalue weighted by atomic mass is 9.99. The minimum atomic E-state index is -3.60. The van der Waals surface area contributed by atoms with Gasteiger partial charge in [0.25, 0.3) is 0 Å². The zero-order valence-electron chi connectivity index (χ0n) is 14.6. The summed E-state index contributed by atoms with van der Waals surface area (Å²) in [6.45, 7) is 6.08. The van der Waals surface area contributed by atoms with Crippen LogP contribution in [0.1, 0.15) is 39.0 Å². The molecule has 4 nitrogen and oxygen atoms in total. The van der Waals surface area contributed by atoms with E-state index in [9.17, 15) is 8.42 Å². The Morgan fingerprint density at radius 2 is 1.84 bits per heavy atom. The summed E-state index contributed by atoms with van der Waals surface area (Å²) in [5.41, 5.74) is 0. The van der Waals surface area contributed by atoms with Crippen molar-refractivity contribution in [2.75, 3.05) is 26.2 Å². The van der Waals surface area contributed by atoms with Crippen molar-refractivity contribution in [3.63, 3.8) is 0 Å². The second-order valence-corrected chi connectivity index (χ2v) is 9.92. The highest BCUT2D eigenvalue weighted by atomic mass is 35.5. The molecule has 2 saturated heterocycles. The number of benzene rings is 1. The van der Waals surface area contributed by atoms with Gasteiger partial charge in [0.15, 0.2) is 0 Å². The quantitative estimate of drug-likeness (QED) is 0.735. The first-order valence-corrected chi connectivity index (χ1v) is 11.3. The number of hydrogen-bond acceptors (Lipinski definition) is 3. The molecule has 0 bridgehead atoms. The molecule has 2 aliphatic rings. The van der Waals surface area contributed by atoms with Crippen LogP contribution in [-0.2, 0) is 10.0 Å². The van der Waals surface area contributed by atoms with Crippen LogP contribution in [0.4, 0.5) is 0 Å². The van der Waals surface area contributed by atoms with Crippen molar-refractivity contribution in [3.05, 3.63) is 28.2 Å². The van der Waals surface area contributed by atoms with E-state index in [1.165, 1.54) is 12.8 Å². The van der Waals surface area contributed by atoms with Gasteiger partial charge in [-0.2, -0.15) is 4.31 Å². The largest absolute Gasteiger partial charge is 0.303 e. The van der Waals surface area contributed by atoms with Crippen molar-refractivity contribution in [2.24, 2.45) is 5.92 Å². The molecular weight excluding hydrogens is 379 g/mol. The number of rotatable bonds is 5. The van der Waals surface area contributed by atoms with E-state index >= 15 is 0 Å². The molecule has 0 saturated carbocycles.